The third-order valence-electron chi connectivity index (χ3n) is 5.34. The fourth-order valence-corrected chi connectivity index (χ4v) is 3.77. The number of hydrogen-bond acceptors (Lipinski definition) is 5. The molecule has 0 unspecified atom stereocenters. The van der Waals surface area contributed by atoms with Gasteiger partial charge >= 0.3 is 12.1 Å². The molecule has 2 aromatic rings. The molecule has 0 saturated heterocycles. The number of nitrogens with zero attached hydrogens (tertiary/aromatic N) is 1. The van der Waals surface area contributed by atoms with E-state index in [-0.39, 0.29) is 18.7 Å². The molecule has 3 rings (SSSR count). The number of fused-ring (bicyclic) bond motifs is 1. The Bertz CT molecular complexity index is 1080. The van der Waals surface area contributed by atoms with Gasteiger partial charge in [-0.05, 0) is 50.5 Å². The third kappa shape index (κ3) is 5.63. The highest BCUT2D eigenvalue weighted by molar-refractivity contribution is 5.84. The molecular formula is C25H28F3NO5. The topological polar surface area (TPSA) is 65.1 Å². The van der Waals surface area contributed by atoms with Gasteiger partial charge in [0.25, 0.3) is 5.92 Å². The van der Waals surface area contributed by atoms with Crippen LogP contribution in [-0.4, -0.2) is 36.2 Å². The fraction of sp³-hybridized carbons (Fsp3) is 0.440. The van der Waals surface area contributed by atoms with Crippen LogP contribution in [0, 0.1) is 5.82 Å². The molecule has 1 heterocycles. The Morgan fingerprint density at radius 1 is 1.12 bits per heavy atom. The van der Waals surface area contributed by atoms with E-state index in [9.17, 15) is 22.8 Å². The van der Waals surface area contributed by atoms with Gasteiger partial charge in [-0.3, -0.25) is 4.90 Å². The van der Waals surface area contributed by atoms with Gasteiger partial charge in [0.15, 0.2) is 6.04 Å². The first-order chi connectivity index (χ1) is 15.8. The smallest absolute Gasteiger partial charge is 0.411 e. The Balaban J connectivity index is 1.83. The maximum atomic E-state index is 14.5. The number of esters is 1. The first kappa shape index (κ1) is 25.4. The molecule has 1 aliphatic heterocycles. The summed E-state index contributed by atoms with van der Waals surface area (Å²) in [6.07, 6.45) is -0.206. The molecule has 0 fully saturated rings. The number of methoxy groups -OCH3 is 1. The molecule has 34 heavy (non-hydrogen) atoms. The molecule has 0 aromatic heterocycles. The van der Waals surface area contributed by atoms with Crippen molar-refractivity contribution >= 4 is 12.1 Å². The van der Waals surface area contributed by atoms with Gasteiger partial charge in [-0.25, -0.2) is 22.8 Å². The van der Waals surface area contributed by atoms with Crippen LogP contribution in [0.5, 0.6) is 5.75 Å². The number of amides is 1. The maximum absolute atomic E-state index is 14.5. The van der Waals surface area contributed by atoms with Gasteiger partial charge in [0.2, 0.25) is 0 Å². The van der Waals surface area contributed by atoms with Crippen molar-refractivity contribution in [2.24, 2.45) is 0 Å². The minimum absolute atomic E-state index is 0.000263. The Morgan fingerprint density at radius 2 is 1.82 bits per heavy atom. The van der Waals surface area contributed by atoms with Crippen LogP contribution in [0.2, 0.25) is 0 Å². The minimum atomic E-state index is -3.31. The predicted octanol–water partition coefficient (Wildman–Crippen LogP) is 5.52. The van der Waals surface area contributed by atoms with E-state index in [1.807, 2.05) is 0 Å². The van der Waals surface area contributed by atoms with Crippen molar-refractivity contribution in [1.82, 2.24) is 4.90 Å². The molecule has 184 valence electrons. The van der Waals surface area contributed by atoms with Crippen molar-refractivity contribution in [2.75, 3.05) is 13.7 Å². The molecule has 2 aromatic carbocycles. The summed E-state index contributed by atoms with van der Waals surface area (Å²) in [7, 11) is 1.24. The van der Waals surface area contributed by atoms with E-state index < -0.39 is 41.0 Å². The Morgan fingerprint density at radius 3 is 2.44 bits per heavy atom. The normalized spacial score (nSPS) is 16.0. The summed E-state index contributed by atoms with van der Waals surface area (Å²) in [5.41, 5.74) is -0.107. The third-order valence-corrected chi connectivity index (χ3v) is 5.34. The van der Waals surface area contributed by atoms with Crippen LogP contribution in [0.15, 0.2) is 36.4 Å². The summed E-state index contributed by atoms with van der Waals surface area (Å²) in [6.45, 7) is 5.81. The largest absolute Gasteiger partial charge is 0.489 e. The van der Waals surface area contributed by atoms with Gasteiger partial charge in [-0.15, -0.1) is 0 Å². The van der Waals surface area contributed by atoms with Crippen molar-refractivity contribution in [3.8, 4) is 5.75 Å². The number of alkyl halides is 2. The second-order valence-corrected chi connectivity index (χ2v) is 9.17. The lowest BCUT2D eigenvalue weighted by Crippen LogP contribution is -2.46. The number of benzene rings is 2. The summed E-state index contributed by atoms with van der Waals surface area (Å²) >= 11 is 0. The van der Waals surface area contributed by atoms with Crippen LogP contribution in [0.1, 0.15) is 56.0 Å². The van der Waals surface area contributed by atoms with E-state index >= 15 is 0 Å². The number of carbonyl (C=O) groups excluding carboxylic acids is 2. The highest BCUT2D eigenvalue weighted by Gasteiger charge is 2.39. The van der Waals surface area contributed by atoms with Gasteiger partial charge in [-0.1, -0.05) is 24.3 Å². The predicted molar refractivity (Wildman–Crippen MR) is 118 cm³/mol. The molecule has 0 radical (unpaired) electrons. The summed E-state index contributed by atoms with van der Waals surface area (Å²) in [4.78, 5) is 26.6. The van der Waals surface area contributed by atoms with Crippen molar-refractivity contribution in [1.29, 1.82) is 0 Å². The van der Waals surface area contributed by atoms with E-state index in [2.05, 4.69) is 0 Å². The Hall–Kier alpha value is -3.23. The van der Waals surface area contributed by atoms with Crippen LogP contribution in [-0.2, 0) is 33.2 Å². The van der Waals surface area contributed by atoms with E-state index in [1.165, 1.54) is 24.1 Å². The molecule has 9 heteroatoms. The van der Waals surface area contributed by atoms with Crippen LogP contribution in [0.25, 0.3) is 0 Å². The van der Waals surface area contributed by atoms with Gasteiger partial charge in [-0.2, -0.15) is 0 Å². The van der Waals surface area contributed by atoms with Crippen molar-refractivity contribution < 1.29 is 37.0 Å². The van der Waals surface area contributed by atoms with Gasteiger partial charge < -0.3 is 14.2 Å². The second-order valence-electron chi connectivity index (χ2n) is 9.17. The molecule has 1 amide bonds. The zero-order valence-corrected chi connectivity index (χ0v) is 19.8. The molecule has 0 saturated carbocycles. The van der Waals surface area contributed by atoms with Crippen molar-refractivity contribution in [3.05, 3.63) is 64.5 Å². The molecule has 6 nitrogen and oxygen atoms in total. The first-order valence-electron chi connectivity index (χ1n) is 10.8. The highest BCUT2D eigenvalue weighted by atomic mass is 19.3. The first-order valence-corrected chi connectivity index (χ1v) is 10.8. The minimum Gasteiger partial charge on any atom is -0.489 e. The summed E-state index contributed by atoms with van der Waals surface area (Å²) in [5.74, 6) is -4.55. The van der Waals surface area contributed by atoms with E-state index in [4.69, 9.17) is 14.2 Å². The second kappa shape index (κ2) is 9.56. The van der Waals surface area contributed by atoms with Crippen molar-refractivity contribution in [3.63, 3.8) is 0 Å². The number of ether oxygens (including phenoxy) is 3. The van der Waals surface area contributed by atoms with Gasteiger partial charge in [0.1, 0.15) is 23.8 Å². The zero-order valence-electron chi connectivity index (χ0n) is 19.8. The SMILES string of the molecule is COC(=O)[C@H]1c2ccc(OCc3cccc(C(C)(F)F)c3F)cc2CCN1C(=O)OC(C)(C)C. The summed E-state index contributed by atoms with van der Waals surface area (Å²) in [5, 5.41) is 0. The number of carbonyl (C=O) groups is 2. The molecule has 0 bridgehead atoms. The molecular weight excluding hydrogens is 451 g/mol. The lowest BCUT2D eigenvalue weighted by Gasteiger charge is -2.36. The Labute approximate surface area is 196 Å². The van der Waals surface area contributed by atoms with Crippen LogP contribution in [0.4, 0.5) is 18.0 Å². The molecule has 0 aliphatic carbocycles. The van der Waals surface area contributed by atoms with Gasteiger partial charge in [0.05, 0.1) is 12.7 Å². The molecule has 1 aliphatic rings. The number of rotatable bonds is 5. The summed E-state index contributed by atoms with van der Waals surface area (Å²) in [6, 6.07) is 7.69. The molecule has 0 spiro atoms. The van der Waals surface area contributed by atoms with Crippen LogP contribution >= 0.6 is 0 Å². The lowest BCUT2D eigenvalue weighted by atomic mass is 9.92. The van der Waals surface area contributed by atoms with Crippen LogP contribution in [0.3, 0.4) is 0 Å². The van der Waals surface area contributed by atoms with E-state index in [0.717, 1.165) is 11.6 Å². The number of hydrogen-bond donors (Lipinski definition) is 0. The standard InChI is InChI=1S/C25H28F3NO5/c1-24(2,3)34-23(31)29-12-11-15-13-17(9-10-18(15)21(29)22(30)32-5)33-14-16-7-6-8-19(20(16)26)25(4,27)28/h6-10,13,21H,11-12,14H2,1-5H3/t21-/m1/s1. The highest BCUT2D eigenvalue weighted by Crippen LogP contribution is 2.35. The molecule has 0 N–H and O–H groups in total. The average Bonchev–Trinajstić information content (AvgIpc) is 2.74. The zero-order chi connectivity index (χ0) is 25.3. The van der Waals surface area contributed by atoms with Gasteiger partial charge in [0, 0.05) is 19.0 Å². The van der Waals surface area contributed by atoms with E-state index in [1.54, 1.807) is 39.0 Å². The fourth-order valence-electron chi connectivity index (χ4n) is 3.77. The number of halogens is 3. The maximum Gasteiger partial charge on any atom is 0.411 e. The quantitative estimate of drug-likeness (QED) is 0.528. The Kier molecular flexibility index (Phi) is 7.14. The summed E-state index contributed by atoms with van der Waals surface area (Å²) < 4.78 is 57.7. The monoisotopic (exact) mass is 479 g/mol. The van der Waals surface area contributed by atoms with Crippen molar-refractivity contribution in [2.45, 2.75) is 58.3 Å². The average molecular weight is 479 g/mol. The lowest BCUT2D eigenvalue weighted by molar-refractivity contribution is -0.147. The van der Waals surface area contributed by atoms with Crippen LogP contribution < -0.4 is 4.74 Å². The van der Waals surface area contributed by atoms with E-state index in [0.29, 0.717) is 24.7 Å². The molecule has 1 atom stereocenters.